The average Bonchev–Trinajstić information content (AvgIpc) is 3.13. The quantitative estimate of drug-likeness (QED) is 0.579. The number of amides is 1. The summed E-state index contributed by atoms with van der Waals surface area (Å²) in [5.74, 6) is -0.0863. The molecule has 0 unspecified atom stereocenters. The number of anilines is 1. The first-order valence-corrected chi connectivity index (χ1v) is 9.07. The van der Waals surface area contributed by atoms with Gasteiger partial charge in [-0.1, -0.05) is 24.0 Å². The molecule has 2 fully saturated rings. The van der Waals surface area contributed by atoms with Crippen LogP contribution in [0.3, 0.4) is 0 Å². The van der Waals surface area contributed by atoms with Gasteiger partial charge in [0, 0.05) is 44.2 Å². The van der Waals surface area contributed by atoms with Gasteiger partial charge in [0.1, 0.15) is 10.1 Å². The maximum atomic E-state index is 12.3. The van der Waals surface area contributed by atoms with Gasteiger partial charge in [-0.2, -0.15) is 0 Å². The molecular formula is C16H17N2O4S2-. The minimum atomic E-state index is -1.20. The van der Waals surface area contributed by atoms with Crippen LogP contribution < -0.4 is 10.0 Å². The average molecular weight is 365 g/mol. The second-order valence-corrected chi connectivity index (χ2v) is 7.35. The number of carboxylic acids is 1. The van der Waals surface area contributed by atoms with Crippen molar-refractivity contribution in [3.63, 3.8) is 0 Å². The Kier molecular flexibility index (Phi) is 5.25. The van der Waals surface area contributed by atoms with Crippen molar-refractivity contribution < 1.29 is 19.1 Å². The maximum absolute atomic E-state index is 12.3. The molecule has 3 heterocycles. The number of thiocarbonyl (C=S) groups is 1. The minimum absolute atomic E-state index is 0.0293. The molecule has 2 aliphatic heterocycles. The second kappa shape index (κ2) is 7.40. The predicted octanol–water partition coefficient (Wildman–Crippen LogP) is 1.61. The molecule has 24 heavy (non-hydrogen) atoms. The highest BCUT2D eigenvalue weighted by Crippen LogP contribution is 2.33. The number of rotatable bonds is 5. The number of piperidine rings is 1. The van der Waals surface area contributed by atoms with Crippen LogP contribution in [0.5, 0.6) is 0 Å². The van der Waals surface area contributed by atoms with Crippen LogP contribution in [0.25, 0.3) is 6.08 Å². The van der Waals surface area contributed by atoms with Crippen LogP contribution in [-0.2, 0) is 9.59 Å². The van der Waals surface area contributed by atoms with Crippen molar-refractivity contribution in [3.8, 4) is 0 Å². The van der Waals surface area contributed by atoms with E-state index in [1.165, 1.54) is 11.3 Å². The summed E-state index contributed by atoms with van der Waals surface area (Å²) in [7, 11) is 0. The van der Waals surface area contributed by atoms with E-state index in [9.17, 15) is 14.7 Å². The highest BCUT2D eigenvalue weighted by molar-refractivity contribution is 8.26. The number of carboxylic acid groups (broad SMARTS) is 1. The third-order valence-corrected chi connectivity index (χ3v) is 5.34. The summed E-state index contributed by atoms with van der Waals surface area (Å²) in [6, 6.07) is 3.74. The molecule has 1 aromatic rings. The predicted molar refractivity (Wildman–Crippen MR) is 94.3 cm³/mol. The molecule has 1 aromatic heterocycles. The summed E-state index contributed by atoms with van der Waals surface area (Å²) in [4.78, 5) is 26.8. The van der Waals surface area contributed by atoms with Crippen LogP contribution in [0.2, 0.25) is 0 Å². The number of furan rings is 1. The standard InChI is InChI=1S/C16H18N2O4S2/c19-14(20)6-9-18-15(21)12(24-16(18)23)10-11-4-5-13(22-11)17-7-2-1-3-8-17/h4-5,10H,1-3,6-9H2,(H,19,20)/p-1/b12-10-. The van der Waals surface area contributed by atoms with Crippen molar-refractivity contribution >= 4 is 52.1 Å². The lowest BCUT2D eigenvalue weighted by Gasteiger charge is -2.25. The van der Waals surface area contributed by atoms with Crippen molar-refractivity contribution in [1.29, 1.82) is 0 Å². The first-order chi connectivity index (χ1) is 11.5. The third-order valence-electron chi connectivity index (χ3n) is 3.97. The molecule has 0 spiro atoms. The normalized spacial score (nSPS) is 20.2. The summed E-state index contributed by atoms with van der Waals surface area (Å²) >= 11 is 6.30. The third kappa shape index (κ3) is 3.81. The van der Waals surface area contributed by atoms with Gasteiger partial charge in [-0.3, -0.25) is 9.69 Å². The zero-order valence-corrected chi connectivity index (χ0v) is 14.7. The lowest BCUT2D eigenvalue weighted by atomic mass is 10.1. The smallest absolute Gasteiger partial charge is 0.266 e. The van der Waals surface area contributed by atoms with E-state index in [4.69, 9.17) is 16.6 Å². The van der Waals surface area contributed by atoms with E-state index in [0.29, 0.717) is 15.0 Å². The lowest BCUT2D eigenvalue weighted by Crippen LogP contribution is -2.33. The van der Waals surface area contributed by atoms with E-state index in [0.717, 1.165) is 43.6 Å². The zero-order valence-electron chi connectivity index (χ0n) is 13.0. The van der Waals surface area contributed by atoms with Gasteiger partial charge in [-0.15, -0.1) is 0 Å². The van der Waals surface area contributed by atoms with Gasteiger partial charge >= 0.3 is 0 Å². The molecule has 0 radical (unpaired) electrons. The first-order valence-electron chi connectivity index (χ1n) is 7.84. The molecule has 128 valence electrons. The fraction of sp³-hybridized carbons (Fsp3) is 0.438. The van der Waals surface area contributed by atoms with Gasteiger partial charge in [0.05, 0.1) is 4.91 Å². The Labute approximate surface area is 149 Å². The Morgan fingerprint density at radius 3 is 2.79 bits per heavy atom. The van der Waals surface area contributed by atoms with Gasteiger partial charge in [0.15, 0.2) is 5.88 Å². The van der Waals surface area contributed by atoms with Crippen molar-refractivity contribution in [2.24, 2.45) is 0 Å². The van der Waals surface area contributed by atoms with Crippen LogP contribution in [0.4, 0.5) is 5.88 Å². The molecule has 3 rings (SSSR count). The molecule has 0 aliphatic carbocycles. The minimum Gasteiger partial charge on any atom is -0.550 e. The highest BCUT2D eigenvalue weighted by Gasteiger charge is 2.32. The van der Waals surface area contributed by atoms with Crippen molar-refractivity contribution in [1.82, 2.24) is 4.90 Å². The summed E-state index contributed by atoms with van der Waals surface area (Å²) in [6.45, 7) is 2.00. The number of carbonyl (C=O) groups is 2. The van der Waals surface area contributed by atoms with Gasteiger partial charge in [-0.25, -0.2) is 0 Å². The first kappa shape index (κ1) is 17.0. The summed E-state index contributed by atoms with van der Waals surface area (Å²) < 4.78 is 6.18. The van der Waals surface area contributed by atoms with Crippen molar-refractivity contribution in [2.75, 3.05) is 24.5 Å². The molecule has 8 heteroatoms. The molecular weight excluding hydrogens is 348 g/mol. The van der Waals surface area contributed by atoms with Gasteiger partial charge in [0.2, 0.25) is 0 Å². The molecule has 0 bridgehead atoms. The summed E-state index contributed by atoms with van der Waals surface area (Å²) in [5, 5.41) is 10.6. The number of hydrogen-bond acceptors (Lipinski definition) is 7. The molecule has 0 N–H and O–H groups in total. The van der Waals surface area contributed by atoms with Crippen LogP contribution in [-0.4, -0.2) is 40.7 Å². The van der Waals surface area contributed by atoms with Crippen molar-refractivity contribution in [3.05, 3.63) is 22.8 Å². The van der Waals surface area contributed by atoms with Gasteiger partial charge in [-0.05, 0) is 25.3 Å². The van der Waals surface area contributed by atoms with Crippen LogP contribution in [0.15, 0.2) is 21.5 Å². The highest BCUT2D eigenvalue weighted by atomic mass is 32.2. The molecule has 0 aromatic carbocycles. The molecule has 0 atom stereocenters. The van der Waals surface area contributed by atoms with Crippen LogP contribution >= 0.6 is 24.0 Å². The monoisotopic (exact) mass is 365 g/mol. The van der Waals surface area contributed by atoms with Crippen molar-refractivity contribution in [2.45, 2.75) is 25.7 Å². The van der Waals surface area contributed by atoms with E-state index in [2.05, 4.69) is 4.90 Å². The summed E-state index contributed by atoms with van der Waals surface area (Å²) in [6.07, 6.45) is 4.99. The Balaban J connectivity index is 1.70. The van der Waals surface area contributed by atoms with Gasteiger partial charge in [0.25, 0.3) is 5.91 Å². The van der Waals surface area contributed by atoms with E-state index in [1.54, 1.807) is 6.08 Å². The Hall–Kier alpha value is -1.80. The molecule has 2 saturated heterocycles. The fourth-order valence-corrected chi connectivity index (χ4v) is 4.02. The van der Waals surface area contributed by atoms with Gasteiger partial charge < -0.3 is 19.2 Å². The zero-order chi connectivity index (χ0) is 17.1. The molecule has 2 aliphatic rings. The number of thioether (sulfide) groups is 1. The Morgan fingerprint density at radius 1 is 1.33 bits per heavy atom. The fourth-order valence-electron chi connectivity index (χ4n) is 2.73. The number of carbonyl (C=O) groups excluding carboxylic acids is 2. The Bertz CT molecular complexity index is 692. The van der Waals surface area contributed by atoms with E-state index >= 15 is 0 Å². The number of aliphatic carboxylic acids is 1. The summed E-state index contributed by atoms with van der Waals surface area (Å²) in [5.41, 5.74) is 0. The SMILES string of the molecule is O=C([O-])CCN1C(=O)/C(=C/c2ccc(N3CCCCC3)o2)SC1=S. The molecule has 1 amide bonds. The maximum Gasteiger partial charge on any atom is 0.266 e. The Morgan fingerprint density at radius 2 is 2.08 bits per heavy atom. The molecule has 0 saturated carbocycles. The van der Waals surface area contributed by atoms with E-state index in [-0.39, 0.29) is 18.9 Å². The van der Waals surface area contributed by atoms with E-state index < -0.39 is 5.97 Å². The van der Waals surface area contributed by atoms with Crippen LogP contribution in [0.1, 0.15) is 31.4 Å². The lowest BCUT2D eigenvalue weighted by molar-refractivity contribution is -0.305. The van der Waals surface area contributed by atoms with E-state index in [1.807, 2.05) is 12.1 Å². The molecule has 6 nitrogen and oxygen atoms in total. The number of nitrogens with zero attached hydrogens (tertiary/aromatic N) is 2. The second-order valence-electron chi connectivity index (χ2n) is 5.68. The number of hydrogen-bond donors (Lipinski definition) is 0. The topological polar surface area (TPSA) is 76.8 Å². The largest absolute Gasteiger partial charge is 0.550 e. The van der Waals surface area contributed by atoms with Crippen LogP contribution in [0, 0.1) is 0 Å².